The van der Waals surface area contributed by atoms with Gasteiger partial charge in [0.05, 0.1) is 13.5 Å². The maximum Gasteiger partial charge on any atom is 0.220 e. The molecule has 4 rings (SSSR count). The van der Waals surface area contributed by atoms with E-state index in [2.05, 4.69) is 102 Å². The van der Waals surface area contributed by atoms with Gasteiger partial charge in [-0.2, -0.15) is 0 Å². The molecule has 176 valence electrons. The largest absolute Gasteiger partial charge is 0.220 e. The lowest BCUT2D eigenvalue weighted by molar-refractivity contribution is -0.659. The molecular formula is C31H44NSi+. The first kappa shape index (κ1) is 24.2. The summed E-state index contributed by atoms with van der Waals surface area (Å²) in [5.41, 5.74) is 5.69. The van der Waals surface area contributed by atoms with E-state index in [4.69, 9.17) is 0 Å². The Morgan fingerprint density at radius 2 is 1.61 bits per heavy atom. The second-order valence-electron chi connectivity index (χ2n) is 11.5. The first-order chi connectivity index (χ1) is 15.7. The van der Waals surface area contributed by atoms with Crippen LogP contribution in [0.15, 0.2) is 48.7 Å². The molecule has 1 fully saturated rings. The van der Waals surface area contributed by atoms with Crippen LogP contribution in [-0.2, 0) is 7.05 Å². The number of hydrogen-bond acceptors (Lipinski definition) is 0. The first-order valence-electron chi connectivity index (χ1n) is 13.3. The van der Waals surface area contributed by atoms with E-state index in [1.807, 2.05) is 0 Å². The normalized spacial score (nSPS) is 15.8. The number of aryl methyl sites for hydroxylation is 2. The zero-order valence-corrected chi connectivity index (χ0v) is 23.1. The van der Waals surface area contributed by atoms with Crippen LogP contribution in [-0.4, -0.2) is 8.07 Å². The van der Waals surface area contributed by atoms with Crippen molar-refractivity contribution >= 4 is 24.0 Å². The zero-order valence-electron chi connectivity index (χ0n) is 22.1. The molecule has 0 N–H and O–H groups in total. The molecule has 1 nitrogen and oxygen atoms in total. The van der Waals surface area contributed by atoms with E-state index in [1.165, 1.54) is 71.8 Å². The van der Waals surface area contributed by atoms with Gasteiger partial charge in [0.2, 0.25) is 5.69 Å². The second kappa shape index (κ2) is 9.37. The molecule has 0 atom stereocenters. The van der Waals surface area contributed by atoms with E-state index in [0.29, 0.717) is 5.04 Å². The van der Waals surface area contributed by atoms with Crippen molar-refractivity contribution in [3.05, 3.63) is 59.8 Å². The summed E-state index contributed by atoms with van der Waals surface area (Å²) in [5, 5.41) is 4.76. The molecule has 1 aliphatic carbocycles. The lowest BCUT2D eigenvalue weighted by atomic mass is 9.82. The van der Waals surface area contributed by atoms with Crippen molar-refractivity contribution in [1.82, 2.24) is 0 Å². The van der Waals surface area contributed by atoms with E-state index in [1.54, 1.807) is 10.8 Å². The quantitative estimate of drug-likeness (QED) is 0.268. The van der Waals surface area contributed by atoms with Crippen LogP contribution >= 0.6 is 0 Å². The summed E-state index contributed by atoms with van der Waals surface area (Å²) in [6, 6.07) is 19.7. The maximum atomic E-state index is 2.55. The van der Waals surface area contributed by atoms with Gasteiger partial charge < -0.3 is 0 Å². The highest BCUT2D eigenvalue weighted by atomic mass is 28.3. The van der Waals surface area contributed by atoms with Gasteiger partial charge in [0.1, 0.15) is 7.05 Å². The summed E-state index contributed by atoms with van der Waals surface area (Å²) in [5.74, 6) is 0.734. The van der Waals surface area contributed by atoms with Gasteiger partial charge in [-0.05, 0) is 59.4 Å². The summed E-state index contributed by atoms with van der Waals surface area (Å²) >= 11 is 0. The lowest BCUT2D eigenvalue weighted by Crippen LogP contribution is -2.53. The van der Waals surface area contributed by atoms with Crippen LogP contribution in [0.3, 0.4) is 0 Å². The van der Waals surface area contributed by atoms with Gasteiger partial charge in [-0.3, -0.25) is 0 Å². The van der Waals surface area contributed by atoms with Crippen LogP contribution in [0.1, 0.15) is 83.8 Å². The van der Waals surface area contributed by atoms with E-state index in [0.717, 1.165) is 5.92 Å². The highest BCUT2D eigenvalue weighted by Crippen LogP contribution is 2.42. The predicted molar refractivity (Wildman–Crippen MR) is 147 cm³/mol. The molecule has 0 unspecified atom stereocenters. The minimum atomic E-state index is -1.60. The smallest absolute Gasteiger partial charge is 0.200 e. The van der Waals surface area contributed by atoms with Gasteiger partial charge in [-0.1, -0.05) is 95.4 Å². The number of hydrogen-bond donors (Lipinski definition) is 0. The van der Waals surface area contributed by atoms with Crippen molar-refractivity contribution in [1.29, 1.82) is 0 Å². The van der Waals surface area contributed by atoms with Crippen LogP contribution in [0, 0.1) is 6.92 Å². The van der Waals surface area contributed by atoms with Crippen molar-refractivity contribution in [3.63, 3.8) is 0 Å². The van der Waals surface area contributed by atoms with Crippen molar-refractivity contribution in [2.24, 2.45) is 7.05 Å². The molecule has 1 aliphatic rings. The van der Waals surface area contributed by atoms with E-state index >= 15 is 0 Å². The zero-order chi connectivity index (χ0) is 23.8. The van der Waals surface area contributed by atoms with Gasteiger partial charge in [-0.15, -0.1) is 0 Å². The molecule has 2 heteroatoms. The Bertz CT molecular complexity index is 1130. The van der Waals surface area contributed by atoms with Crippen LogP contribution in [0.2, 0.25) is 17.1 Å². The third-order valence-corrected chi connectivity index (χ3v) is 15.6. The van der Waals surface area contributed by atoms with Crippen LogP contribution in [0.4, 0.5) is 0 Å². The van der Waals surface area contributed by atoms with Gasteiger partial charge in [0.15, 0.2) is 6.20 Å². The number of nitrogens with zero attached hydrogens (tertiary/aromatic N) is 1. The van der Waals surface area contributed by atoms with Gasteiger partial charge in [0, 0.05) is 11.6 Å². The Morgan fingerprint density at radius 3 is 2.24 bits per heavy atom. The molecule has 2 aromatic carbocycles. The minimum absolute atomic E-state index is 0.359. The summed E-state index contributed by atoms with van der Waals surface area (Å²) in [6.45, 7) is 14.5. The Hall–Kier alpha value is -1.93. The molecule has 0 bridgehead atoms. The van der Waals surface area contributed by atoms with Gasteiger partial charge in [-0.25, -0.2) is 4.57 Å². The number of fused-ring (bicyclic) bond motifs is 1. The van der Waals surface area contributed by atoms with Gasteiger partial charge in [0.25, 0.3) is 0 Å². The summed E-state index contributed by atoms with van der Waals surface area (Å²) < 4.78 is 2.34. The summed E-state index contributed by atoms with van der Waals surface area (Å²) in [4.78, 5) is 0. The monoisotopic (exact) mass is 458 g/mol. The third-order valence-electron chi connectivity index (χ3n) is 8.93. The second-order valence-corrected chi connectivity index (χ2v) is 17.2. The standard InChI is InChI=1S/C31H44NSi/c1-8-33(9-2,31(4,5)6)27-17-18-28-26(21-27)19-20-32(7)30(28)29-22-25(16-15-23(29)3)24-13-11-10-12-14-24/h15-22,24H,8-14H2,1-7H3/q+1. The molecule has 1 aromatic heterocycles. The van der Waals surface area contributed by atoms with E-state index in [9.17, 15) is 0 Å². The first-order valence-corrected chi connectivity index (χ1v) is 15.7. The maximum absolute atomic E-state index is 2.55. The summed E-state index contributed by atoms with van der Waals surface area (Å²) in [7, 11) is 0.612. The van der Waals surface area contributed by atoms with E-state index < -0.39 is 8.07 Å². The average molecular weight is 459 g/mol. The lowest BCUT2D eigenvalue weighted by Gasteiger charge is -2.42. The Morgan fingerprint density at radius 1 is 0.909 bits per heavy atom. The molecule has 0 radical (unpaired) electrons. The summed E-state index contributed by atoms with van der Waals surface area (Å²) in [6.07, 6.45) is 9.14. The minimum Gasteiger partial charge on any atom is -0.200 e. The predicted octanol–water partition coefficient (Wildman–Crippen LogP) is 8.18. The molecule has 33 heavy (non-hydrogen) atoms. The molecular weight excluding hydrogens is 414 g/mol. The average Bonchev–Trinajstić information content (AvgIpc) is 2.80. The number of benzene rings is 2. The fraction of sp³-hybridized carbons (Fsp3) is 0.516. The number of pyridine rings is 1. The Labute approximate surface area is 203 Å². The molecule has 3 aromatic rings. The molecule has 1 heterocycles. The molecule has 0 saturated heterocycles. The molecule has 0 aliphatic heterocycles. The molecule has 0 amide bonds. The number of aromatic nitrogens is 1. The van der Waals surface area contributed by atoms with E-state index in [-0.39, 0.29) is 0 Å². The Kier molecular flexibility index (Phi) is 6.87. The fourth-order valence-electron chi connectivity index (χ4n) is 6.74. The Balaban J connectivity index is 1.87. The van der Waals surface area contributed by atoms with Crippen molar-refractivity contribution in [3.8, 4) is 11.3 Å². The van der Waals surface area contributed by atoms with Crippen LogP contribution in [0.5, 0.6) is 0 Å². The highest BCUT2D eigenvalue weighted by Gasteiger charge is 2.42. The van der Waals surface area contributed by atoms with Crippen molar-refractivity contribution in [2.75, 3.05) is 0 Å². The molecule has 1 saturated carbocycles. The SMILES string of the molecule is CC[Si](CC)(c1ccc2c(-c3cc(C4CCCCC4)ccc3C)[n+](C)ccc2c1)C(C)(C)C. The third kappa shape index (κ3) is 4.32. The molecule has 0 spiro atoms. The van der Waals surface area contributed by atoms with Crippen molar-refractivity contribution in [2.45, 2.75) is 96.7 Å². The topological polar surface area (TPSA) is 3.88 Å². The van der Waals surface area contributed by atoms with Crippen LogP contribution in [0.25, 0.3) is 22.0 Å². The van der Waals surface area contributed by atoms with Gasteiger partial charge >= 0.3 is 0 Å². The van der Waals surface area contributed by atoms with Crippen LogP contribution < -0.4 is 9.75 Å². The fourth-order valence-corrected chi connectivity index (χ4v) is 11.9. The van der Waals surface area contributed by atoms with Crippen molar-refractivity contribution < 1.29 is 4.57 Å². The number of rotatable bonds is 5. The highest BCUT2D eigenvalue weighted by molar-refractivity contribution is 6.94.